The third-order valence-corrected chi connectivity index (χ3v) is 5.65. The van der Waals surface area contributed by atoms with Crippen LogP contribution in [0, 0.1) is 0 Å². The summed E-state index contributed by atoms with van der Waals surface area (Å²) < 4.78 is 28.3. The standard InChI is InChI=1S/C18H22N6O5S/c1-30(27,28)13-6-4-11(5-7-13)22-17-15(16(19)25)21-9-14(23-17)24-8-2-3-12(10-24)29-18(20)26/h4-7,9,12H,2-3,8,10H2,1H3,(H2,19,25)(H2,20,26)(H,22,23). The number of nitrogens with zero attached hydrogens (tertiary/aromatic N) is 3. The van der Waals surface area contributed by atoms with Gasteiger partial charge in [-0.2, -0.15) is 0 Å². The van der Waals surface area contributed by atoms with Gasteiger partial charge in [-0.25, -0.2) is 23.2 Å². The summed E-state index contributed by atoms with van der Waals surface area (Å²) in [5.41, 5.74) is 11.0. The van der Waals surface area contributed by atoms with Crippen molar-refractivity contribution in [2.75, 3.05) is 29.6 Å². The van der Waals surface area contributed by atoms with Gasteiger partial charge in [0.15, 0.2) is 21.3 Å². The normalized spacial score (nSPS) is 16.7. The lowest BCUT2D eigenvalue weighted by Gasteiger charge is -2.32. The Morgan fingerprint density at radius 3 is 2.53 bits per heavy atom. The Morgan fingerprint density at radius 1 is 1.23 bits per heavy atom. The number of hydrogen-bond donors (Lipinski definition) is 3. The van der Waals surface area contributed by atoms with Crippen molar-refractivity contribution in [3.05, 3.63) is 36.2 Å². The van der Waals surface area contributed by atoms with Crippen molar-refractivity contribution in [2.24, 2.45) is 11.5 Å². The molecular formula is C18H22N6O5S. The van der Waals surface area contributed by atoms with Crippen LogP contribution in [0.15, 0.2) is 35.4 Å². The van der Waals surface area contributed by atoms with Crippen LogP contribution in [0.1, 0.15) is 23.3 Å². The van der Waals surface area contributed by atoms with E-state index in [0.717, 1.165) is 12.7 Å². The Hall–Kier alpha value is -3.41. The Balaban J connectivity index is 1.86. The van der Waals surface area contributed by atoms with Crippen molar-refractivity contribution in [1.82, 2.24) is 9.97 Å². The molecule has 0 radical (unpaired) electrons. The van der Waals surface area contributed by atoms with Gasteiger partial charge < -0.3 is 26.4 Å². The van der Waals surface area contributed by atoms with Crippen molar-refractivity contribution in [3.8, 4) is 0 Å². The number of carbonyl (C=O) groups excluding carboxylic acids is 2. The molecule has 3 rings (SSSR count). The van der Waals surface area contributed by atoms with Gasteiger partial charge in [-0.3, -0.25) is 4.79 Å². The van der Waals surface area contributed by atoms with Crippen LogP contribution in [0.4, 0.5) is 22.1 Å². The van der Waals surface area contributed by atoms with Crippen LogP contribution in [-0.4, -0.2) is 55.8 Å². The molecule has 0 spiro atoms. The van der Waals surface area contributed by atoms with Gasteiger partial charge in [-0.05, 0) is 37.1 Å². The zero-order valence-electron chi connectivity index (χ0n) is 16.2. The summed E-state index contributed by atoms with van der Waals surface area (Å²) in [6.07, 6.45) is 2.77. The van der Waals surface area contributed by atoms with Gasteiger partial charge in [0.25, 0.3) is 5.91 Å². The number of amides is 2. The van der Waals surface area contributed by atoms with Crippen LogP contribution in [0.5, 0.6) is 0 Å². The molecule has 1 saturated heterocycles. The lowest BCUT2D eigenvalue weighted by molar-refractivity contribution is 0.0960. The average Bonchev–Trinajstić information content (AvgIpc) is 2.67. The lowest BCUT2D eigenvalue weighted by atomic mass is 10.1. The first-order valence-corrected chi connectivity index (χ1v) is 11.0. The van der Waals surface area contributed by atoms with Crippen LogP contribution in [0.25, 0.3) is 0 Å². The highest BCUT2D eigenvalue weighted by Gasteiger charge is 2.25. The molecule has 2 amide bonds. The predicted octanol–water partition coefficient (Wildman–Crippen LogP) is 0.787. The Kier molecular flexibility index (Phi) is 6.06. The zero-order valence-corrected chi connectivity index (χ0v) is 17.1. The van der Waals surface area contributed by atoms with E-state index in [4.69, 9.17) is 16.2 Å². The molecule has 0 saturated carbocycles. The van der Waals surface area contributed by atoms with Gasteiger partial charge >= 0.3 is 6.09 Å². The molecule has 1 aromatic heterocycles. The van der Waals surface area contributed by atoms with Gasteiger partial charge in [0.2, 0.25) is 0 Å². The summed E-state index contributed by atoms with van der Waals surface area (Å²) in [6.45, 7) is 1.04. The van der Waals surface area contributed by atoms with E-state index in [9.17, 15) is 18.0 Å². The number of nitrogens with one attached hydrogen (secondary N) is 1. The second kappa shape index (κ2) is 8.53. The number of primary amides is 2. The van der Waals surface area contributed by atoms with Gasteiger partial charge in [0, 0.05) is 18.5 Å². The second-order valence-electron chi connectivity index (χ2n) is 6.86. The quantitative estimate of drug-likeness (QED) is 0.594. The van der Waals surface area contributed by atoms with Crippen LogP contribution >= 0.6 is 0 Å². The van der Waals surface area contributed by atoms with Gasteiger partial charge in [0.1, 0.15) is 11.9 Å². The molecule has 2 aromatic rings. The first-order valence-electron chi connectivity index (χ1n) is 9.08. The summed E-state index contributed by atoms with van der Waals surface area (Å²) >= 11 is 0. The molecular weight excluding hydrogens is 412 g/mol. The summed E-state index contributed by atoms with van der Waals surface area (Å²) in [4.78, 5) is 33.4. The molecule has 0 aliphatic carbocycles. The molecule has 160 valence electrons. The van der Waals surface area contributed by atoms with E-state index < -0.39 is 21.8 Å². The van der Waals surface area contributed by atoms with E-state index in [1.165, 1.54) is 18.3 Å². The number of sulfone groups is 1. The number of ether oxygens (including phenoxy) is 1. The third kappa shape index (κ3) is 5.14. The minimum atomic E-state index is -3.33. The first kappa shape index (κ1) is 21.3. The fourth-order valence-electron chi connectivity index (χ4n) is 3.13. The van der Waals surface area contributed by atoms with Crippen LogP contribution in [0.3, 0.4) is 0 Å². The van der Waals surface area contributed by atoms with Crippen molar-refractivity contribution >= 4 is 39.2 Å². The van der Waals surface area contributed by atoms with E-state index in [1.807, 2.05) is 4.90 Å². The minimum Gasteiger partial charge on any atom is -0.445 e. The largest absolute Gasteiger partial charge is 0.445 e. The molecule has 1 aliphatic heterocycles. The fraction of sp³-hybridized carbons (Fsp3) is 0.333. The Morgan fingerprint density at radius 2 is 1.93 bits per heavy atom. The number of aromatic nitrogens is 2. The first-order chi connectivity index (χ1) is 14.1. The average molecular weight is 434 g/mol. The molecule has 2 heterocycles. The minimum absolute atomic E-state index is 0.0621. The molecule has 12 heteroatoms. The number of piperidine rings is 1. The van der Waals surface area contributed by atoms with Crippen LogP contribution < -0.4 is 21.7 Å². The fourth-order valence-corrected chi connectivity index (χ4v) is 3.76. The topological polar surface area (TPSA) is 171 Å². The molecule has 11 nitrogen and oxygen atoms in total. The molecule has 0 bridgehead atoms. The molecule has 30 heavy (non-hydrogen) atoms. The zero-order chi connectivity index (χ0) is 21.9. The number of carbonyl (C=O) groups is 2. The maximum Gasteiger partial charge on any atom is 0.404 e. The molecule has 1 fully saturated rings. The molecule has 1 aliphatic rings. The summed E-state index contributed by atoms with van der Waals surface area (Å²) in [6, 6.07) is 5.98. The maximum atomic E-state index is 11.8. The SMILES string of the molecule is CS(=O)(=O)c1ccc(Nc2nc(N3CCCC(OC(N)=O)C3)cnc2C(N)=O)cc1. The van der Waals surface area contributed by atoms with Gasteiger partial charge in [0.05, 0.1) is 17.6 Å². The Bertz CT molecular complexity index is 1060. The van der Waals surface area contributed by atoms with Gasteiger partial charge in [-0.15, -0.1) is 0 Å². The highest BCUT2D eigenvalue weighted by molar-refractivity contribution is 7.90. The van der Waals surface area contributed by atoms with Crippen molar-refractivity contribution in [3.63, 3.8) is 0 Å². The summed E-state index contributed by atoms with van der Waals surface area (Å²) in [7, 11) is -3.33. The van der Waals surface area contributed by atoms with Crippen LogP contribution in [-0.2, 0) is 14.6 Å². The Labute approximate surface area is 173 Å². The van der Waals surface area contributed by atoms with Crippen molar-refractivity contribution in [2.45, 2.75) is 23.8 Å². The number of hydrogen-bond acceptors (Lipinski definition) is 9. The predicted molar refractivity (Wildman–Crippen MR) is 109 cm³/mol. The van der Waals surface area contributed by atoms with Crippen LogP contribution in [0.2, 0.25) is 0 Å². The summed E-state index contributed by atoms with van der Waals surface area (Å²) in [5, 5.41) is 2.95. The number of benzene rings is 1. The summed E-state index contributed by atoms with van der Waals surface area (Å²) in [5.74, 6) is -0.170. The van der Waals surface area contributed by atoms with Crippen molar-refractivity contribution < 1.29 is 22.7 Å². The lowest BCUT2D eigenvalue weighted by Crippen LogP contribution is -2.42. The smallest absolute Gasteiger partial charge is 0.404 e. The highest BCUT2D eigenvalue weighted by atomic mass is 32.2. The number of nitrogens with two attached hydrogens (primary N) is 2. The van der Waals surface area contributed by atoms with E-state index in [-0.39, 0.29) is 22.5 Å². The maximum absolute atomic E-state index is 11.8. The highest BCUT2D eigenvalue weighted by Crippen LogP contribution is 2.24. The second-order valence-corrected chi connectivity index (χ2v) is 8.87. The number of anilines is 3. The molecule has 1 aromatic carbocycles. The molecule has 1 atom stereocenters. The molecule has 5 N–H and O–H groups in total. The third-order valence-electron chi connectivity index (χ3n) is 4.52. The van der Waals surface area contributed by atoms with Crippen molar-refractivity contribution in [1.29, 1.82) is 0 Å². The number of rotatable bonds is 6. The van der Waals surface area contributed by atoms with E-state index in [1.54, 1.807) is 12.1 Å². The molecule has 1 unspecified atom stereocenters. The monoisotopic (exact) mass is 434 g/mol. The van der Waals surface area contributed by atoms with Gasteiger partial charge in [-0.1, -0.05) is 0 Å². The van der Waals surface area contributed by atoms with E-state index >= 15 is 0 Å². The van der Waals surface area contributed by atoms with E-state index in [0.29, 0.717) is 31.0 Å². The van der Waals surface area contributed by atoms with E-state index in [2.05, 4.69) is 15.3 Å².